The third kappa shape index (κ3) is 4.18. The number of halogens is 1. The second kappa shape index (κ2) is 7.97. The first-order chi connectivity index (χ1) is 11.0. The molecule has 132 valence electrons. The van der Waals surface area contributed by atoms with E-state index in [0.29, 0.717) is 18.0 Å². The van der Waals surface area contributed by atoms with Gasteiger partial charge < -0.3 is 12.4 Å². The summed E-state index contributed by atoms with van der Waals surface area (Å²) >= 11 is 1.55. The van der Waals surface area contributed by atoms with Crippen LogP contribution in [-0.4, -0.2) is 43.8 Å². The normalized spacial score (nSPS) is 16.8. The van der Waals surface area contributed by atoms with Crippen molar-refractivity contribution in [2.24, 2.45) is 0 Å². The number of hydrogen-bond donors (Lipinski definition) is 0. The van der Waals surface area contributed by atoms with E-state index in [1.165, 1.54) is 5.56 Å². The monoisotopic (exact) mass is 385 g/mol. The van der Waals surface area contributed by atoms with Crippen molar-refractivity contribution in [1.29, 1.82) is 0 Å². The van der Waals surface area contributed by atoms with Crippen LogP contribution in [0.15, 0.2) is 41.3 Å². The fraction of sp³-hybridized carbons (Fsp3) is 0.412. The minimum absolute atomic E-state index is 0. The highest BCUT2D eigenvalue weighted by molar-refractivity contribution is 7.89. The molecule has 1 aliphatic heterocycles. The molecule has 1 saturated heterocycles. The molecule has 0 saturated carbocycles. The molecule has 2 heterocycles. The van der Waals surface area contributed by atoms with Gasteiger partial charge in [-0.1, -0.05) is 30.3 Å². The molecule has 1 aromatic heterocycles. The second-order valence-corrected chi connectivity index (χ2v) is 9.31. The Kier molecular flexibility index (Phi) is 6.45. The lowest BCUT2D eigenvalue weighted by atomic mass is 10.2. The van der Waals surface area contributed by atoms with Crippen molar-refractivity contribution in [2.75, 3.05) is 26.2 Å². The molecule has 24 heavy (non-hydrogen) atoms. The maximum Gasteiger partial charge on any atom is 0.244 e. The van der Waals surface area contributed by atoms with E-state index in [1.807, 2.05) is 32.0 Å². The van der Waals surface area contributed by atoms with E-state index in [9.17, 15) is 8.42 Å². The van der Waals surface area contributed by atoms with Gasteiger partial charge in [0, 0.05) is 42.5 Å². The zero-order valence-electron chi connectivity index (χ0n) is 13.9. The summed E-state index contributed by atoms with van der Waals surface area (Å²) in [5.41, 5.74) is 1.27. The number of aryl methyl sites for hydroxylation is 2. The van der Waals surface area contributed by atoms with Gasteiger partial charge in [-0.15, -0.1) is 11.3 Å². The average molecular weight is 386 g/mol. The highest BCUT2D eigenvalue weighted by atomic mass is 35.5. The lowest BCUT2D eigenvalue weighted by Crippen LogP contribution is -3.00. The number of thiophene rings is 1. The van der Waals surface area contributed by atoms with Crippen molar-refractivity contribution in [2.45, 2.75) is 25.3 Å². The topological polar surface area (TPSA) is 40.6 Å². The Balaban J connectivity index is 0.00000208. The molecule has 1 aromatic carbocycles. The summed E-state index contributed by atoms with van der Waals surface area (Å²) in [4.78, 5) is 4.72. The Morgan fingerprint density at radius 1 is 1.04 bits per heavy atom. The highest BCUT2D eigenvalue weighted by Gasteiger charge is 2.30. The van der Waals surface area contributed by atoms with Crippen molar-refractivity contribution in [3.8, 4) is 0 Å². The molecule has 4 nitrogen and oxygen atoms in total. The Labute approximate surface area is 154 Å². The van der Waals surface area contributed by atoms with E-state index in [4.69, 9.17) is 0 Å². The zero-order chi connectivity index (χ0) is 16.4. The largest absolute Gasteiger partial charge is 1.00 e. The molecule has 2 aromatic rings. The summed E-state index contributed by atoms with van der Waals surface area (Å²) in [6, 6.07) is 12.1. The Morgan fingerprint density at radius 2 is 1.67 bits per heavy atom. The van der Waals surface area contributed by atoms with Gasteiger partial charge in [-0.25, -0.2) is 8.42 Å². The van der Waals surface area contributed by atoms with Crippen LogP contribution in [-0.2, 0) is 16.6 Å². The zero-order valence-corrected chi connectivity index (χ0v) is 16.3. The summed E-state index contributed by atoms with van der Waals surface area (Å²) in [6.07, 6.45) is 0. The van der Waals surface area contributed by atoms with Crippen LogP contribution < -0.4 is 12.4 Å². The Hall–Kier alpha value is -0.920. The summed E-state index contributed by atoms with van der Waals surface area (Å²) in [5, 5.41) is 0. The van der Waals surface area contributed by atoms with Crippen LogP contribution in [0.4, 0.5) is 0 Å². The molecule has 0 unspecified atom stereocenters. The van der Waals surface area contributed by atoms with Gasteiger partial charge in [-0.3, -0.25) is 4.90 Å². The second-order valence-electron chi connectivity index (χ2n) is 5.94. The molecule has 0 amide bonds. The molecule has 1 fully saturated rings. The molecule has 0 N–H and O–H groups in total. The van der Waals surface area contributed by atoms with E-state index in [2.05, 4.69) is 17.0 Å². The van der Waals surface area contributed by atoms with Crippen molar-refractivity contribution in [1.82, 2.24) is 9.21 Å². The van der Waals surface area contributed by atoms with Crippen LogP contribution in [0.1, 0.15) is 15.3 Å². The van der Waals surface area contributed by atoms with E-state index in [0.717, 1.165) is 29.4 Å². The minimum atomic E-state index is -3.35. The van der Waals surface area contributed by atoms with Crippen LogP contribution in [0.25, 0.3) is 0 Å². The molecule has 3 rings (SSSR count). The van der Waals surface area contributed by atoms with E-state index < -0.39 is 10.0 Å². The summed E-state index contributed by atoms with van der Waals surface area (Å²) < 4.78 is 27.2. The molecular weight excluding hydrogens is 364 g/mol. The van der Waals surface area contributed by atoms with E-state index in [-0.39, 0.29) is 12.4 Å². The Morgan fingerprint density at radius 3 is 2.21 bits per heavy atom. The number of piperazine rings is 1. The van der Waals surface area contributed by atoms with Gasteiger partial charge in [0.25, 0.3) is 0 Å². The number of rotatable bonds is 4. The van der Waals surface area contributed by atoms with Gasteiger partial charge >= 0.3 is 0 Å². The van der Waals surface area contributed by atoms with Gasteiger partial charge in [0.1, 0.15) is 0 Å². The molecule has 7 heteroatoms. The molecule has 0 bridgehead atoms. The van der Waals surface area contributed by atoms with Crippen LogP contribution in [0.2, 0.25) is 0 Å². The predicted octanol–water partition coefficient (Wildman–Crippen LogP) is -0.125. The molecule has 0 spiro atoms. The van der Waals surface area contributed by atoms with Gasteiger partial charge in [-0.2, -0.15) is 4.31 Å². The fourth-order valence-corrected chi connectivity index (χ4v) is 5.92. The maximum absolute atomic E-state index is 12.8. The average Bonchev–Trinajstić information content (AvgIpc) is 2.88. The van der Waals surface area contributed by atoms with E-state index >= 15 is 0 Å². The molecule has 1 aliphatic rings. The van der Waals surface area contributed by atoms with Crippen molar-refractivity contribution < 1.29 is 20.8 Å². The first-order valence-corrected chi connectivity index (χ1v) is 10.1. The molecule has 0 atom stereocenters. The number of hydrogen-bond acceptors (Lipinski definition) is 4. The van der Waals surface area contributed by atoms with Gasteiger partial charge in [0.05, 0.1) is 4.90 Å². The number of nitrogens with zero attached hydrogens (tertiary/aromatic N) is 2. The first-order valence-electron chi connectivity index (χ1n) is 7.80. The van der Waals surface area contributed by atoms with Gasteiger partial charge in [0.2, 0.25) is 10.0 Å². The summed E-state index contributed by atoms with van der Waals surface area (Å²) in [6.45, 7) is 7.38. The molecule has 0 radical (unpaired) electrons. The van der Waals surface area contributed by atoms with Gasteiger partial charge in [0.15, 0.2) is 0 Å². The third-order valence-corrected chi connectivity index (χ3v) is 7.31. The van der Waals surface area contributed by atoms with Gasteiger partial charge in [-0.05, 0) is 25.5 Å². The maximum atomic E-state index is 12.8. The standard InChI is InChI=1S/C17H22N2O2S2.ClH/c1-14-12-17(15(2)22-14)23(20,21)19-10-8-18(9-11-19)13-16-6-4-3-5-7-16;/h3-7,12H,8-11,13H2,1-2H3;1H/p-1. The quantitative estimate of drug-likeness (QED) is 0.736. The summed E-state index contributed by atoms with van der Waals surface area (Å²) in [7, 11) is -3.35. The Bertz CT molecular complexity index is 767. The van der Waals surface area contributed by atoms with Crippen LogP contribution in [0.3, 0.4) is 0 Å². The molecule has 0 aliphatic carbocycles. The first kappa shape index (κ1) is 19.4. The third-order valence-electron chi connectivity index (χ3n) is 4.19. The fourth-order valence-electron chi connectivity index (χ4n) is 2.97. The van der Waals surface area contributed by atoms with Crippen LogP contribution in [0.5, 0.6) is 0 Å². The highest BCUT2D eigenvalue weighted by Crippen LogP contribution is 2.28. The van der Waals surface area contributed by atoms with Crippen molar-refractivity contribution in [3.05, 3.63) is 51.7 Å². The van der Waals surface area contributed by atoms with Crippen molar-refractivity contribution in [3.63, 3.8) is 0 Å². The summed E-state index contributed by atoms with van der Waals surface area (Å²) in [5.74, 6) is 0. The molecular formula is C17H22ClN2O2S2-. The van der Waals surface area contributed by atoms with Crippen LogP contribution >= 0.6 is 11.3 Å². The number of benzene rings is 1. The van der Waals surface area contributed by atoms with Crippen LogP contribution in [0, 0.1) is 13.8 Å². The number of sulfonamides is 1. The minimum Gasteiger partial charge on any atom is -1.00 e. The van der Waals surface area contributed by atoms with E-state index in [1.54, 1.807) is 21.7 Å². The lowest BCUT2D eigenvalue weighted by Gasteiger charge is -2.34. The lowest BCUT2D eigenvalue weighted by molar-refractivity contribution is -0.00000743. The SMILES string of the molecule is Cc1cc(S(=O)(=O)N2CCN(Cc3ccccc3)CC2)c(C)s1.[Cl-]. The predicted molar refractivity (Wildman–Crippen MR) is 94.3 cm³/mol. The van der Waals surface area contributed by atoms with Crippen molar-refractivity contribution >= 4 is 21.4 Å². The smallest absolute Gasteiger partial charge is 0.244 e.